The Balaban J connectivity index is 2.47. The quantitative estimate of drug-likeness (QED) is 0.737. The van der Waals surface area contributed by atoms with Gasteiger partial charge >= 0.3 is 0 Å². The van der Waals surface area contributed by atoms with Gasteiger partial charge in [-0.3, -0.25) is 4.98 Å². The predicted octanol–water partition coefficient (Wildman–Crippen LogP) is 4.04. The Hall–Kier alpha value is -0.610. The van der Waals surface area contributed by atoms with Gasteiger partial charge in [-0.15, -0.1) is 0 Å². The van der Waals surface area contributed by atoms with Gasteiger partial charge in [0.15, 0.2) is 0 Å². The van der Waals surface area contributed by atoms with Crippen LogP contribution in [0.4, 0.5) is 0 Å². The Morgan fingerprint density at radius 1 is 1.39 bits per heavy atom. The normalized spacial score (nSPS) is 12.4. The summed E-state index contributed by atoms with van der Waals surface area (Å²) in [6.07, 6.45) is 8.11. The van der Waals surface area contributed by atoms with E-state index in [0.29, 0.717) is 6.54 Å². The number of aromatic nitrogens is 1. The van der Waals surface area contributed by atoms with E-state index in [4.69, 9.17) is 10.5 Å². The van der Waals surface area contributed by atoms with Gasteiger partial charge in [-0.1, -0.05) is 26.2 Å². The van der Waals surface area contributed by atoms with Gasteiger partial charge in [0.25, 0.3) is 0 Å². The van der Waals surface area contributed by atoms with Gasteiger partial charge < -0.3 is 10.5 Å². The second-order valence-corrected chi connectivity index (χ2v) is 5.50. The third-order valence-electron chi connectivity index (χ3n) is 2.88. The molecule has 0 spiro atoms. The van der Waals surface area contributed by atoms with E-state index in [1.165, 1.54) is 25.7 Å². The van der Waals surface area contributed by atoms with Crippen LogP contribution in [0, 0.1) is 0 Å². The number of pyridine rings is 1. The van der Waals surface area contributed by atoms with Crippen LogP contribution in [0.15, 0.2) is 16.7 Å². The van der Waals surface area contributed by atoms with E-state index in [2.05, 4.69) is 34.8 Å². The second-order valence-electron chi connectivity index (χ2n) is 4.58. The summed E-state index contributed by atoms with van der Waals surface area (Å²) in [4.78, 5) is 4.26. The van der Waals surface area contributed by atoms with Gasteiger partial charge in [0.2, 0.25) is 0 Å². The molecule has 1 heterocycles. The largest absolute Gasteiger partial charge is 0.489 e. The Kier molecular flexibility index (Phi) is 7.28. The van der Waals surface area contributed by atoms with Gasteiger partial charge in [-0.25, -0.2) is 0 Å². The van der Waals surface area contributed by atoms with Crippen molar-refractivity contribution in [1.29, 1.82) is 0 Å². The second kappa shape index (κ2) is 8.48. The van der Waals surface area contributed by atoms with E-state index in [0.717, 1.165) is 22.3 Å². The van der Waals surface area contributed by atoms with Gasteiger partial charge in [-0.05, 0) is 41.8 Å². The highest BCUT2D eigenvalue weighted by Gasteiger charge is 2.09. The molecule has 4 heteroatoms. The molecule has 0 bridgehead atoms. The minimum Gasteiger partial charge on any atom is -0.489 e. The molecule has 0 aliphatic heterocycles. The van der Waals surface area contributed by atoms with E-state index in [-0.39, 0.29) is 6.10 Å². The Morgan fingerprint density at radius 2 is 2.17 bits per heavy atom. The van der Waals surface area contributed by atoms with E-state index < -0.39 is 0 Å². The highest BCUT2D eigenvalue weighted by molar-refractivity contribution is 9.10. The number of rotatable bonds is 8. The summed E-state index contributed by atoms with van der Waals surface area (Å²) in [6.45, 7) is 4.74. The third-order valence-corrected chi connectivity index (χ3v) is 3.32. The fourth-order valence-electron chi connectivity index (χ4n) is 1.84. The minimum absolute atomic E-state index is 0.211. The first kappa shape index (κ1) is 15.4. The van der Waals surface area contributed by atoms with Crippen LogP contribution >= 0.6 is 15.9 Å². The zero-order valence-corrected chi connectivity index (χ0v) is 12.9. The summed E-state index contributed by atoms with van der Waals surface area (Å²) in [5.41, 5.74) is 6.48. The zero-order chi connectivity index (χ0) is 13.4. The average molecular weight is 315 g/mol. The van der Waals surface area contributed by atoms with E-state index in [1.54, 1.807) is 6.20 Å². The lowest BCUT2D eigenvalue weighted by Gasteiger charge is -2.16. The summed E-state index contributed by atoms with van der Waals surface area (Å²) in [5, 5.41) is 0. The molecular formula is C14H23BrN2O. The molecule has 0 fully saturated rings. The number of hydrogen-bond acceptors (Lipinski definition) is 3. The molecule has 0 radical (unpaired) electrons. The van der Waals surface area contributed by atoms with Crippen LogP contribution in [0.3, 0.4) is 0 Å². The van der Waals surface area contributed by atoms with Crippen molar-refractivity contribution in [2.24, 2.45) is 5.73 Å². The van der Waals surface area contributed by atoms with Crippen molar-refractivity contribution in [3.63, 3.8) is 0 Å². The first-order valence-electron chi connectivity index (χ1n) is 6.68. The van der Waals surface area contributed by atoms with E-state index >= 15 is 0 Å². The van der Waals surface area contributed by atoms with Crippen molar-refractivity contribution >= 4 is 15.9 Å². The number of hydrogen-bond donors (Lipinski definition) is 1. The highest BCUT2D eigenvalue weighted by Crippen LogP contribution is 2.23. The average Bonchev–Trinajstić information content (AvgIpc) is 2.35. The van der Waals surface area contributed by atoms with Gasteiger partial charge in [0, 0.05) is 17.2 Å². The Morgan fingerprint density at radius 3 is 2.83 bits per heavy atom. The molecule has 18 heavy (non-hydrogen) atoms. The monoisotopic (exact) mass is 314 g/mol. The van der Waals surface area contributed by atoms with Gasteiger partial charge in [0.1, 0.15) is 5.75 Å². The molecule has 0 amide bonds. The molecule has 2 N–H and O–H groups in total. The fourth-order valence-corrected chi connectivity index (χ4v) is 2.15. The zero-order valence-electron chi connectivity index (χ0n) is 11.3. The lowest BCUT2D eigenvalue weighted by atomic mass is 10.1. The molecule has 0 aliphatic rings. The van der Waals surface area contributed by atoms with Crippen molar-refractivity contribution in [3.8, 4) is 5.75 Å². The predicted molar refractivity (Wildman–Crippen MR) is 78.7 cm³/mol. The van der Waals surface area contributed by atoms with Gasteiger partial charge in [-0.2, -0.15) is 0 Å². The molecule has 1 unspecified atom stereocenters. The summed E-state index contributed by atoms with van der Waals surface area (Å²) in [7, 11) is 0. The van der Waals surface area contributed by atoms with Crippen LogP contribution in [0.5, 0.6) is 5.75 Å². The molecule has 3 nitrogen and oxygen atoms in total. The van der Waals surface area contributed by atoms with Crippen molar-refractivity contribution in [3.05, 3.63) is 22.4 Å². The van der Waals surface area contributed by atoms with Gasteiger partial charge in [0.05, 0.1) is 11.8 Å². The topological polar surface area (TPSA) is 48.1 Å². The van der Waals surface area contributed by atoms with Crippen molar-refractivity contribution in [2.75, 3.05) is 0 Å². The van der Waals surface area contributed by atoms with Crippen LogP contribution in [0.25, 0.3) is 0 Å². The lowest BCUT2D eigenvalue weighted by Crippen LogP contribution is -2.14. The number of nitrogens with zero attached hydrogens (tertiary/aromatic N) is 1. The summed E-state index contributed by atoms with van der Waals surface area (Å²) < 4.78 is 6.85. The van der Waals surface area contributed by atoms with Crippen LogP contribution < -0.4 is 10.5 Å². The maximum Gasteiger partial charge on any atom is 0.143 e. The van der Waals surface area contributed by atoms with Crippen LogP contribution in [-0.2, 0) is 6.54 Å². The number of nitrogens with two attached hydrogens (primary N) is 1. The van der Waals surface area contributed by atoms with Crippen LogP contribution in [0.2, 0.25) is 0 Å². The van der Waals surface area contributed by atoms with Crippen molar-refractivity contribution in [1.82, 2.24) is 4.98 Å². The SMILES string of the molecule is CCCCCCC(C)Oc1cc(Br)cnc1CN. The first-order valence-corrected chi connectivity index (χ1v) is 7.47. The third kappa shape index (κ3) is 5.36. The number of halogens is 1. The molecular weight excluding hydrogens is 292 g/mol. The number of ether oxygens (including phenoxy) is 1. The van der Waals surface area contributed by atoms with Crippen molar-refractivity contribution in [2.45, 2.75) is 58.6 Å². The Labute approximate surface area is 118 Å². The summed E-state index contributed by atoms with van der Waals surface area (Å²) in [5.74, 6) is 0.801. The Bertz CT molecular complexity index is 358. The molecule has 1 rings (SSSR count). The summed E-state index contributed by atoms with van der Waals surface area (Å²) >= 11 is 3.41. The fraction of sp³-hybridized carbons (Fsp3) is 0.643. The molecule has 0 saturated carbocycles. The molecule has 1 aromatic rings. The van der Waals surface area contributed by atoms with E-state index in [1.807, 2.05) is 6.07 Å². The number of unbranched alkanes of at least 4 members (excludes halogenated alkanes) is 3. The van der Waals surface area contributed by atoms with Crippen LogP contribution in [0.1, 0.15) is 51.6 Å². The molecule has 102 valence electrons. The lowest BCUT2D eigenvalue weighted by molar-refractivity contribution is 0.203. The van der Waals surface area contributed by atoms with Crippen LogP contribution in [-0.4, -0.2) is 11.1 Å². The first-order chi connectivity index (χ1) is 8.67. The minimum atomic E-state index is 0.211. The molecule has 0 aliphatic carbocycles. The summed E-state index contributed by atoms with van der Waals surface area (Å²) in [6, 6.07) is 1.94. The standard InChI is InChI=1S/C14H23BrN2O/c1-3-4-5-6-7-11(2)18-14-8-12(15)10-17-13(14)9-16/h8,10-11H,3-7,9,16H2,1-2H3. The molecule has 0 saturated heterocycles. The maximum atomic E-state index is 5.92. The maximum absolute atomic E-state index is 5.92. The van der Waals surface area contributed by atoms with Crippen molar-refractivity contribution < 1.29 is 4.74 Å². The molecule has 1 aromatic heterocycles. The highest BCUT2D eigenvalue weighted by atomic mass is 79.9. The molecule has 1 atom stereocenters. The molecule has 0 aromatic carbocycles. The van der Waals surface area contributed by atoms with E-state index in [9.17, 15) is 0 Å². The smallest absolute Gasteiger partial charge is 0.143 e.